The van der Waals surface area contributed by atoms with Gasteiger partial charge in [-0.15, -0.1) is 21.5 Å². The van der Waals surface area contributed by atoms with Gasteiger partial charge in [-0.3, -0.25) is 4.79 Å². The molecular formula is C23H27N5OS. The van der Waals surface area contributed by atoms with Crippen molar-refractivity contribution in [2.75, 3.05) is 13.1 Å². The van der Waals surface area contributed by atoms with Gasteiger partial charge in [-0.2, -0.15) is 0 Å². The maximum absolute atomic E-state index is 13.4. The summed E-state index contributed by atoms with van der Waals surface area (Å²) in [6.45, 7) is 5.60. The van der Waals surface area contributed by atoms with Crippen molar-refractivity contribution >= 4 is 17.2 Å². The molecule has 2 fully saturated rings. The van der Waals surface area contributed by atoms with Crippen LogP contribution in [0.1, 0.15) is 71.3 Å². The van der Waals surface area contributed by atoms with Gasteiger partial charge in [0.15, 0.2) is 0 Å². The van der Waals surface area contributed by atoms with Crippen LogP contribution in [0.4, 0.5) is 0 Å². The fourth-order valence-electron chi connectivity index (χ4n) is 4.30. The molecule has 3 heterocycles. The van der Waals surface area contributed by atoms with Gasteiger partial charge in [-0.25, -0.2) is 4.98 Å². The molecule has 1 saturated heterocycles. The molecule has 1 aliphatic heterocycles. The summed E-state index contributed by atoms with van der Waals surface area (Å²) in [5.74, 6) is 1.41. The molecule has 156 valence electrons. The predicted octanol–water partition coefficient (Wildman–Crippen LogP) is 4.63. The molecule has 1 saturated carbocycles. The van der Waals surface area contributed by atoms with Gasteiger partial charge in [0.1, 0.15) is 22.0 Å². The number of amides is 1. The van der Waals surface area contributed by atoms with E-state index in [0.717, 1.165) is 52.8 Å². The van der Waals surface area contributed by atoms with Crippen LogP contribution in [-0.2, 0) is 6.42 Å². The van der Waals surface area contributed by atoms with E-state index in [1.807, 2.05) is 18.2 Å². The van der Waals surface area contributed by atoms with Crippen LogP contribution in [0.15, 0.2) is 30.6 Å². The van der Waals surface area contributed by atoms with Crippen molar-refractivity contribution in [2.24, 2.45) is 0 Å². The van der Waals surface area contributed by atoms with Crippen molar-refractivity contribution in [1.29, 1.82) is 0 Å². The summed E-state index contributed by atoms with van der Waals surface area (Å²) in [6.07, 6.45) is 7.36. The predicted molar refractivity (Wildman–Crippen MR) is 118 cm³/mol. The fraction of sp³-hybridized carbons (Fsp3) is 0.478. The number of likely N-dealkylation sites (tertiary alicyclic amines) is 1. The normalized spacial score (nSPS) is 19.3. The number of hydrogen-bond donors (Lipinski definition) is 0. The highest BCUT2D eigenvalue weighted by molar-refractivity contribution is 7.17. The minimum Gasteiger partial charge on any atom is -0.337 e. The smallest absolute Gasteiger partial charge is 0.265 e. The lowest BCUT2D eigenvalue weighted by atomic mass is 9.97. The van der Waals surface area contributed by atoms with E-state index >= 15 is 0 Å². The molecule has 2 aliphatic rings. The number of hydrogen-bond acceptors (Lipinski definition) is 5. The van der Waals surface area contributed by atoms with Gasteiger partial charge in [-0.1, -0.05) is 31.2 Å². The maximum atomic E-state index is 13.4. The summed E-state index contributed by atoms with van der Waals surface area (Å²) < 4.78 is 2.23. The van der Waals surface area contributed by atoms with Crippen LogP contribution in [0.25, 0.3) is 10.6 Å². The van der Waals surface area contributed by atoms with Crippen molar-refractivity contribution < 1.29 is 4.79 Å². The van der Waals surface area contributed by atoms with E-state index < -0.39 is 0 Å². The lowest BCUT2D eigenvalue weighted by Gasteiger charge is -2.32. The van der Waals surface area contributed by atoms with Crippen molar-refractivity contribution in [3.63, 3.8) is 0 Å². The summed E-state index contributed by atoms with van der Waals surface area (Å²) in [5, 5.41) is 9.48. The first-order chi connectivity index (χ1) is 14.6. The third kappa shape index (κ3) is 3.67. The Morgan fingerprint density at radius 1 is 1.20 bits per heavy atom. The summed E-state index contributed by atoms with van der Waals surface area (Å²) >= 11 is 1.51. The summed E-state index contributed by atoms with van der Waals surface area (Å²) in [6, 6.07) is 9.05. The van der Waals surface area contributed by atoms with E-state index in [1.165, 1.54) is 29.7 Å². The van der Waals surface area contributed by atoms with E-state index in [4.69, 9.17) is 4.98 Å². The molecule has 6 nitrogen and oxygen atoms in total. The number of carbonyl (C=O) groups is 1. The number of rotatable bonds is 5. The Kier molecular flexibility index (Phi) is 5.15. The zero-order valence-electron chi connectivity index (χ0n) is 17.5. The molecule has 5 rings (SSSR count). The third-order valence-electron chi connectivity index (χ3n) is 6.21. The largest absolute Gasteiger partial charge is 0.337 e. The fourth-order valence-corrected chi connectivity index (χ4v) is 5.33. The Hall–Kier alpha value is -2.54. The Morgan fingerprint density at radius 3 is 2.73 bits per heavy atom. The lowest BCUT2D eigenvalue weighted by Crippen LogP contribution is -2.39. The number of piperidine rings is 1. The quantitative estimate of drug-likeness (QED) is 0.603. The average molecular weight is 422 g/mol. The number of nitrogens with zero attached hydrogens (tertiary/aromatic N) is 5. The first-order valence-corrected chi connectivity index (χ1v) is 11.7. The van der Waals surface area contributed by atoms with Gasteiger partial charge in [0.05, 0.1) is 5.69 Å². The molecule has 1 unspecified atom stereocenters. The monoisotopic (exact) mass is 421 g/mol. The van der Waals surface area contributed by atoms with Crippen molar-refractivity contribution in [3.05, 3.63) is 52.6 Å². The maximum Gasteiger partial charge on any atom is 0.265 e. The molecule has 7 heteroatoms. The zero-order valence-corrected chi connectivity index (χ0v) is 18.4. The van der Waals surface area contributed by atoms with Gasteiger partial charge < -0.3 is 9.47 Å². The van der Waals surface area contributed by atoms with Gasteiger partial charge in [-0.05, 0) is 44.6 Å². The van der Waals surface area contributed by atoms with Gasteiger partial charge in [0.2, 0.25) is 0 Å². The minimum absolute atomic E-state index is 0.101. The van der Waals surface area contributed by atoms with Gasteiger partial charge in [0, 0.05) is 30.6 Å². The number of benzene rings is 1. The number of carbonyl (C=O) groups excluding carboxylic acids is 1. The Balaban J connectivity index is 1.35. The van der Waals surface area contributed by atoms with Crippen LogP contribution >= 0.6 is 11.3 Å². The number of thiazole rings is 1. The Morgan fingerprint density at radius 2 is 2.00 bits per heavy atom. The molecule has 2 aromatic heterocycles. The highest BCUT2D eigenvalue weighted by atomic mass is 32.1. The van der Waals surface area contributed by atoms with Crippen molar-refractivity contribution in [2.45, 2.75) is 57.9 Å². The first-order valence-electron chi connectivity index (χ1n) is 10.9. The van der Waals surface area contributed by atoms with E-state index in [0.29, 0.717) is 12.6 Å². The average Bonchev–Trinajstić information content (AvgIpc) is 3.38. The molecule has 30 heavy (non-hydrogen) atoms. The first kappa shape index (κ1) is 19.4. The van der Waals surface area contributed by atoms with Gasteiger partial charge in [0.25, 0.3) is 5.91 Å². The highest BCUT2D eigenvalue weighted by Crippen LogP contribution is 2.38. The second-order valence-electron chi connectivity index (χ2n) is 8.40. The number of aromatic nitrogens is 4. The summed E-state index contributed by atoms with van der Waals surface area (Å²) in [7, 11) is 0. The molecule has 1 amide bonds. The van der Waals surface area contributed by atoms with Crippen LogP contribution in [0.3, 0.4) is 0 Å². The topological polar surface area (TPSA) is 63.9 Å². The number of aryl methyl sites for hydroxylation is 2. The molecular weight excluding hydrogens is 394 g/mol. The molecule has 0 bridgehead atoms. The standard InChI is InChI=1S/C23H27N5OS/c1-3-16-6-8-17(9-7-16)22-25-15(2)20(30-22)23(29)27-12-4-5-18(13-27)21-26-24-14-28(21)19-10-11-19/h6-9,14,18-19H,3-5,10-13H2,1-2H3. The van der Waals surface area contributed by atoms with E-state index in [1.54, 1.807) is 0 Å². The van der Waals surface area contributed by atoms with Crippen LogP contribution in [0.5, 0.6) is 0 Å². The van der Waals surface area contributed by atoms with Crippen molar-refractivity contribution in [1.82, 2.24) is 24.6 Å². The molecule has 1 aliphatic carbocycles. The van der Waals surface area contributed by atoms with Crippen LogP contribution in [-0.4, -0.2) is 43.6 Å². The minimum atomic E-state index is 0.101. The summed E-state index contributed by atoms with van der Waals surface area (Å²) in [4.78, 5) is 20.8. The summed E-state index contributed by atoms with van der Waals surface area (Å²) in [5.41, 5.74) is 3.21. The SMILES string of the molecule is CCc1ccc(-c2nc(C)c(C(=O)N3CCCC(c4nncn4C4CC4)C3)s2)cc1. The van der Waals surface area contributed by atoms with Crippen LogP contribution < -0.4 is 0 Å². The van der Waals surface area contributed by atoms with Crippen molar-refractivity contribution in [3.8, 4) is 10.6 Å². The Labute approximate surface area is 181 Å². The van der Waals surface area contributed by atoms with Crippen LogP contribution in [0, 0.1) is 6.92 Å². The van der Waals surface area contributed by atoms with E-state index in [2.05, 4.69) is 46.0 Å². The molecule has 0 spiro atoms. The highest BCUT2D eigenvalue weighted by Gasteiger charge is 2.33. The van der Waals surface area contributed by atoms with Crippen LogP contribution in [0.2, 0.25) is 0 Å². The van der Waals surface area contributed by atoms with Gasteiger partial charge >= 0.3 is 0 Å². The Bertz CT molecular complexity index is 1050. The molecule has 1 atom stereocenters. The third-order valence-corrected chi connectivity index (χ3v) is 7.41. The van der Waals surface area contributed by atoms with E-state index in [-0.39, 0.29) is 11.8 Å². The zero-order chi connectivity index (χ0) is 20.7. The second-order valence-corrected chi connectivity index (χ2v) is 9.40. The lowest BCUT2D eigenvalue weighted by molar-refractivity contribution is 0.0707. The second kappa shape index (κ2) is 7.95. The molecule has 0 radical (unpaired) electrons. The molecule has 3 aromatic rings. The molecule has 1 aromatic carbocycles. The van der Waals surface area contributed by atoms with E-state index in [9.17, 15) is 4.79 Å². The molecule has 0 N–H and O–H groups in total.